The van der Waals surface area contributed by atoms with Crippen molar-refractivity contribution in [2.24, 2.45) is 0 Å². The van der Waals surface area contributed by atoms with Crippen LogP contribution in [-0.2, 0) is 12.6 Å². The molecule has 0 saturated heterocycles. The van der Waals surface area contributed by atoms with E-state index >= 15 is 0 Å². The predicted octanol–water partition coefficient (Wildman–Crippen LogP) is 3.43. The van der Waals surface area contributed by atoms with Crippen LogP contribution in [0.4, 0.5) is 13.2 Å². The molecule has 0 unspecified atom stereocenters. The standard InChI is InChI=1S/C14H11F3N2/c1-3-10-5-7-12(8-6-10)19-13(14(15,16)17)11(4-2)9-18-19/h1,5-9H,4H2,2H3. The molecule has 0 radical (unpaired) electrons. The molecular formula is C14H11F3N2. The van der Waals surface area contributed by atoms with Gasteiger partial charge in [-0.05, 0) is 30.7 Å². The molecule has 1 heterocycles. The number of terminal acetylenes is 1. The third kappa shape index (κ3) is 2.48. The molecule has 0 amide bonds. The number of rotatable bonds is 2. The lowest BCUT2D eigenvalue weighted by atomic mass is 10.2. The van der Waals surface area contributed by atoms with E-state index in [-0.39, 0.29) is 12.0 Å². The number of aromatic nitrogens is 2. The van der Waals surface area contributed by atoms with E-state index in [9.17, 15) is 13.2 Å². The summed E-state index contributed by atoms with van der Waals surface area (Å²) in [4.78, 5) is 0. The maximum absolute atomic E-state index is 13.1. The molecule has 0 aliphatic heterocycles. The van der Waals surface area contributed by atoms with E-state index in [2.05, 4.69) is 11.0 Å². The van der Waals surface area contributed by atoms with Crippen molar-refractivity contribution >= 4 is 0 Å². The highest BCUT2D eigenvalue weighted by molar-refractivity contribution is 5.42. The first-order chi connectivity index (χ1) is 8.97. The molecular weight excluding hydrogens is 253 g/mol. The largest absolute Gasteiger partial charge is 0.433 e. The summed E-state index contributed by atoms with van der Waals surface area (Å²) in [7, 11) is 0. The molecule has 0 aliphatic carbocycles. The third-order valence-electron chi connectivity index (χ3n) is 2.77. The number of nitrogens with zero attached hydrogens (tertiary/aromatic N) is 2. The smallest absolute Gasteiger partial charge is 0.228 e. The van der Waals surface area contributed by atoms with Gasteiger partial charge in [0.25, 0.3) is 0 Å². The van der Waals surface area contributed by atoms with E-state index in [0.717, 1.165) is 4.68 Å². The quantitative estimate of drug-likeness (QED) is 0.760. The van der Waals surface area contributed by atoms with Crippen molar-refractivity contribution in [3.63, 3.8) is 0 Å². The first-order valence-corrected chi connectivity index (χ1v) is 5.68. The Kier molecular flexibility index (Phi) is 3.34. The van der Waals surface area contributed by atoms with Crippen LogP contribution in [0.3, 0.4) is 0 Å². The minimum atomic E-state index is -4.44. The highest BCUT2D eigenvalue weighted by Crippen LogP contribution is 2.33. The van der Waals surface area contributed by atoms with Crippen molar-refractivity contribution in [1.82, 2.24) is 9.78 Å². The Balaban J connectivity index is 2.56. The van der Waals surface area contributed by atoms with Gasteiger partial charge in [0.15, 0.2) is 5.69 Å². The van der Waals surface area contributed by atoms with Crippen LogP contribution in [0.25, 0.3) is 5.69 Å². The summed E-state index contributed by atoms with van der Waals surface area (Å²) in [6.07, 6.45) is 2.30. The fourth-order valence-electron chi connectivity index (χ4n) is 1.84. The Morgan fingerprint density at radius 3 is 2.37 bits per heavy atom. The number of aryl methyl sites for hydroxylation is 1. The lowest BCUT2D eigenvalue weighted by Crippen LogP contribution is -2.15. The zero-order valence-electron chi connectivity index (χ0n) is 10.2. The molecule has 0 saturated carbocycles. The van der Waals surface area contributed by atoms with Crippen LogP contribution in [0.15, 0.2) is 30.5 Å². The van der Waals surface area contributed by atoms with Gasteiger partial charge >= 0.3 is 6.18 Å². The zero-order chi connectivity index (χ0) is 14.0. The molecule has 2 nitrogen and oxygen atoms in total. The fourth-order valence-corrected chi connectivity index (χ4v) is 1.84. The minimum absolute atomic E-state index is 0.175. The van der Waals surface area contributed by atoms with Crippen LogP contribution in [0, 0.1) is 12.3 Å². The second-order valence-corrected chi connectivity index (χ2v) is 3.97. The number of hydrogen-bond acceptors (Lipinski definition) is 1. The van der Waals surface area contributed by atoms with Crippen molar-refractivity contribution in [3.8, 4) is 18.0 Å². The maximum atomic E-state index is 13.1. The third-order valence-corrected chi connectivity index (χ3v) is 2.77. The Labute approximate surface area is 108 Å². The summed E-state index contributed by atoms with van der Waals surface area (Å²) in [5.41, 5.74) is 0.392. The second kappa shape index (κ2) is 4.81. The van der Waals surface area contributed by atoms with Gasteiger partial charge in [0, 0.05) is 11.1 Å². The van der Waals surface area contributed by atoms with Gasteiger partial charge in [0.2, 0.25) is 0 Å². The Morgan fingerprint density at radius 2 is 1.89 bits per heavy atom. The molecule has 0 bridgehead atoms. The number of benzene rings is 1. The monoisotopic (exact) mass is 264 g/mol. The highest BCUT2D eigenvalue weighted by Gasteiger charge is 2.37. The van der Waals surface area contributed by atoms with Crippen LogP contribution in [0.1, 0.15) is 23.7 Å². The molecule has 0 aliphatic rings. The summed E-state index contributed by atoms with van der Waals surface area (Å²) in [5.74, 6) is 2.41. The van der Waals surface area contributed by atoms with E-state index in [1.54, 1.807) is 19.1 Å². The summed E-state index contributed by atoms with van der Waals surface area (Å²) < 4.78 is 40.1. The maximum Gasteiger partial charge on any atom is 0.433 e. The normalized spacial score (nSPS) is 11.3. The number of hydrogen-bond donors (Lipinski definition) is 0. The molecule has 0 N–H and O–H groups in total. The molecule has 1 aromatic heterocycles. The van der Waals surface area contributed by atoms with Crippen LogP contribution in [0.5, 0.6) is 0 Å². The molecule has 19 heavy (non-hydrogen) atoms. The van der Waals surface area contributed by atoms with Gasteiger partial charge in [-0.3, -0.25) is 0 Å². The van der Waals surface area contributed by atoms with Crippen molar-refractivity contribution in [2.75, 3.05) is 0 Å². The van der Waals surface area contributed by atoms with Crippen molar-refractivity contribution in [1.29, 1.82) is 0 Å². The van der Waals surface area contributed by atoms with Gasteiger partial charge in [-0.1, -0.05) is 12.8 Å². The van der Waals surface area contributed by atoms with E-state index in [1.165, 1.54) is 18.3 Å². The molecule has 98 valence electrons. The van der Waals surface area contributed by atoms with E-state index < -0.39 is 11.9 Å². The van der Waals surface area contributed by atoms with Crippen LogP contribution in [0.2, 0.25) is 0 Å². The molecule has 1 aromatic carbocycles. The van der Waals surface area contributed by atoms with Crippen LogP contribution < -0.4 is 0 Å². The van der Waals surface area contributed by atoms with E-state index in [0.29, 0.717) is 11.3 Å². The lowest BCUT2D eigenvalue weighted by Gasteiger charge is -2.12. The number of alkyl halides is 3. The van der Waals surface area contributed by atoms with Crippen molar-refractivity contribution in [2.45, 2.75) is 19.5 Å². The molecule has 2 rings (SSSR count). The molecule has 0 spiro atoms. The first-order valence-electron chi connectivity index (χ1n) is 5.68. The SMILES string of the molecule is C#Cc1ccc(-n2ncc(CC)c2C(F)(F)F)cc1. The average Bonchev–Trinajstić information content (AvgIpc) is 2.82. The molecule has 5 heteroatoms. The minimum Gasteiger partial charge on any atom is -0.228 e. The molecule has 0 atom stereocenters. The summed E-state index contributed by atoms with van der Waals surface area (Å²) in [5, 5.41) is 3.82. The Morgan fingerprint density at radius 1 is 1.26 bits per heavy atom. The van der Waals surface area contributed by atoms with Crippen molar-refractivity contribution < 1.29 is 13.2 Å². The summed E-state index contributed by atoms with van der Waals surface area (Å²) in [6, 6.07) is 6.22. The van der Waals surface area contributed by atoms with Crippen LogP contribution >= 0.6 is 0 Å². The van der Waals surface area contributed by atoms with Gasteiger partial charge < -0.3 is 0 Å². The second-order valence-electron chi connectivity index (χ2n) is 3.97. The van der Waals surface area contributed by atoms with Gasteiger partial charge in [-0.25, -0.2) is 4.68 Å². The van der Waals surface area contributed by atoms with E-state index in [4.69, 9.17) is 6.42 Å². The molecule has 0 fully saturated rings. The Bertz CT molecular complexity index is 616. The zero-order valence-corrected chi connectivity index (χ0v) is 10.2. The highest BCUT2D eigenvalue weighted by atomic mass is 19.4. The lowest BCUT2D eigenvalue weighted by molar-refractivity contribution is -0.143. The molecule has 2 aromatic rings. The van der Waals surface area contributed by atoms with Gasteiger partial charge in [0.05, 0.1) is 11.9 Å². The van der Waals surface area contributed by atoms with E-state index in [1.807, 2.05) is 0 Å². The first kappa shape index (κ1) is 13.2. The predicted molar refractivity (Wildman–Crippen MR) is 65.9 cm³/mol. The topological polar surface area (TPSA) is 17.8 Å². The average molecular weight is 264 g/mol. The van der Waals surface area contributed by atoms with Gasteiger partial charge in [-0.15, -0.1) is 6.42 Å². The van der Waals surface area contributed by atoms with Crippen molar-refractivity contribution in [3.05, 3.63) is 47.3 Å². The van der Waals surface area contributed by atoms with Gasteiger partial charge in [-0.2, -0.15) is 18.3 Å². The Hall–Kier alpha value is -2.22. The summed E-state index contributed by atoms with van der Waals surface area (Å²) in [6.45, 7) is 1.66. The fraction of sp³-hybridized carbons (Fsp3) is 0.214. The number of halogens is 3. The van der Waals surface area contributed by atoms with Gasteiger partial charge in [0.1, 0.15) is 0 Å². The summed E-state index contributed by atoms with van der Waals surface area (Å²) >= 11 is 0. The van der Waals surface area contributed by atoms with Crippen LogP contribution in [-0.4, -0.2) is 9.78 Å².